The number of hydrazone groups is 1. The minimum atomic E-state index is -0.940. The average Bonchev–Trinajstić information content (AvgIpc) is 2.71. The first kappa shape index (κ1) is 13.8. The fourth-order valence-electron chi connectivity index (χ4n) is 2.72. The molecule has 2 aromatic rings. The molecule has 108 valence electrons. The van der Waals surface area contributed by atoms with Gasteiger partial charge >= 0.3 is 0 Å². The summed E-state index contributed by atoms with van der Waals surface area (Å²) >= 11 is 6.35. The zero-order valence-corrected chi connectivity index (χ0v) is 12.7. The zero-order valence-electron chi connectivity index (χ0n) is 11.9. The van der Waals surface area contributed by atoms with Gasteiger partial charge in [-0.05, 0) is 19.9 Å². The van der Waals surface area contributed by atoms with Gasteiger partial charge in [-0.1, -0.05) is 29.8 Å². The summed E-state index contributed by atoms with van der Waals surface area (Å²) in [6, 6.07) is 6.53. The molecule has 1 amide bonds. The zero-order chi connectivity index (χ0) is 15.3. The van der Waals surface area contributed by atoms with Gasteiger partial charge in [0.1, 0.15) is 5.71 Å². The SMILES string of the molecule is CC1=NN(C)C(=O)C(n2c(C)c(Cl)c3ccccc32)C1=O. The molecular formula is C15H14ClN3O2. The lowest BCUT2D eigenvalue weighted by molar-refractivity contribution is -0.138. The predicted octanol–water partition coefficient (Wildman–Crippen LogP) is 2.56. The lowest BCUT2D eigenvalue weighted by Crippen LogP contribution is -2.43. The van der Waals surface area contributed by atoms with Crippen molar-refractivity contribution in [3.8, 4) is 0 Å². The number of ketones is 1. The first-order valence-electron chi connectivity index (χ1n) is 6.55. The fourth-order valence-corrected chi connectivity index (χ4v) is 2.97. The van der Waals surface area contributed by atoms with Crippen LogP contribution in [0.15, 0.2) is 29.4 Å². The van der Waals surface area contributed by atoms with Crippen LogP contribution in [0.5, 0.6) is 0 Å². The van der Waals surface area contributed by atoms with E-state index in [0.717, 1.165) is 10.9 Å². The molecule has 0 fully saturated rings. The van der Waals surface area contributed by atoms with Crippen LogP contribution in [-0.4, -0.2) is 34.0 Å². The van der Waals surface area contributed by atoms with Crippen LogP contribution in [-0.2, 0) is 9.59 Å². The maximum atomic E-state index is 12.4. The molecule has 1 aliphatic rings. The summed E-state index contributed by atoms with van der Waals surface area (Å²) in [6.45, 7) is 3.42. The van der Waals surface area contributed by atoms with E-state index < -0.39 is 6.04 Å². The van der Waals surface area contributed by atoms with Crippen LogP contribution in [0.2, 0.25) is 5.02 Å². The normalized spacial score (nSPS) is 19.3. The van der Waals surface area contributed by atoms with E-state index in [0.29, 0.717) is 16.4 Å². The van der Waals surface area contributed by atoms with Gasteiger partial charge in [0.2, 0.25) is 5.78 Å². The van der Waals surface area contributed by atoms with Crippen molar-refractivity contribution in [2.75, 3.05) is 7.05 Å². The number of carbonyl (C=O) groups is 2. The first-order chi connectivity index (χ1) is 9.93. The van der Waals surface area contributed by atoms with Crippen molar-refractivity contribution in [2.45, 2.75) is 19.9 Å². The molecule has 0 radical (unpaired) electrons. The second-order valence-electron chi connectivity index (χ2n) is 5.10. The highest BCUT2D eigenvalue weighted by molar-refractivity contribution is 6.45. The van der Waals surface area contributed by atoms with Gasteiger partial charge in [-0.25, -0.2) is 5.01 Å². The Morgan fingerprint density at radius 1 is 1.19 bits per heavy atom. The fraction of sp³-hybridized carbons (Fsp3) is 0.267. The van der Waals surface area contributed by atoms with Gasteiger partial charge in [-0.3, -0.25) is 9.59 Å². The summed E-state index contributed by atoms with van der Waals surface area (Å²) in [6.07, 6.45) is 0. The van der Waals surface area contributed by atoms with Crippen LogP contribution in [0, 0.1) is 6.92 Å². The molecule has 6 heteroatoms. The van der Waals surface area contributed by atoms with Crippen molar-refractivity contribution < 1.29 is 9.59 Å². The smallest absolute Gasteiger partial charge is 0.273 e. The molecule has 2 heterocycles. The number of nitrogens with zero attached hydrogens (tertiary/aromatic N) is 3. The van der Waals surface area contributed by atoms with Crippen molar-refractivity contribution in [3.05, 3.63) is 35.0 Å². The van der Waals surface area contributed by atoms with Gasteiger partial charge in [0.25, 0.3) is 5.91 Å². The number of Topliss-reactive ketones (excluding diaryl/α,β-unsaturated/α-hetero) is 1. The highest BCUT2D eigenvalue weighted by Gasteiger charge is 2.38. The van der Waals surface area contributed by atoms with E-state index in [1.165, 1.54) is 5.01 Å². The number of hydrogen-bond donors (Lipinski definition) is 0. The molecule has 5 nitrogen and oxygen atoms in total. The molecule has 1 aliphatic heterocycles. The van der Waals surface area contributed by atoms with Crippen molar-refractivity contribution in [1.82, 2.24) is 9.58 Å². The molecule has 1 aromatic heterocycles. The number of para-hydroxylation sites is 1. The topological polar surface area (TPSA) is 54.7 Å². The van der Waals surface area contributed by atoms with E-state index >= 15 is 0 Å². The van der Waals surface area contributed by atoms with E-state index in [9.17, 15) is 9.59 Å². The van der Waals surface area contributed by atoms with Gasteiger partial charge in [-0.15, -0.1) is 0 Å². The molecule has 1 atom stereocenters. The van der Waals surface area contributed by atoms with E-state index in [1.54, 1.807) is 18.5 Å². The predicted molar refractivity (Wildman–Crippen MR) is 81.6 cm³/mol. The molecule has 0 saturated heterocycles. The summed E-state index contributed by atoms with van der Waals surface area (Å²) in [5.74, 6) is -0.648. The van der Waals surface area contributed by atoms with Gasteiger partial charge in [-0.2, -0.15) is 5.10 Å². The van der Waals surface area contributed by atoms with Crippen LogP contribution < -0.4 is 0 Å². The number of fused-ring (bicyclic) bond motifs is 1. The standard InChI is InChI=1S/C15H14ClN3O2/c1-8-14(20)13(15(21)18(3)17-8)19-9(2)12(16)10-6-4-5-7-11(10)19/h4-7,13H,1-3H3. The number of halogens is 1. The van der Waals surface area contributed by atoms with Crippen molar-refractivity contribution in [2.24, 2.45) is 5.10 Å². The summed E-state index contributed by atoms with van der Waals surface area (Å²) in [5.41, 5.74) is 1.79. The Morgan fingerprint density at radius 3 is 2.57 bits per heavy atom. The van der Waals surface area contributed by atoms with E-state index in [1.807, 2.05) is 31.2 Å². The number of rotatable bonds is 1. The summed E-state index contributed by atoms with van der Waals surface area (Å²) in [7, 11) is 1.55. The van der Waals surface area contributed by atoms with Crippen LogP contribution >= 0.6 is 11.6 Å². The van der Waals surface area contributed by atoms with Crippen LogP contribution in [0.4, 0.5) is 0 Å². The molecule has 1 aromatic carbocycles. The lowest BCUT2D eigenvalue weighted by atomic mass is 10.1. The van der Waals surface area contributed by atoms with Gasteiger partial charge in [0, 0.05) is 18.1 Å². The maximum Gasteiger partial charge on any atom is 0.273 e. The van der Waals surface area contributed by atoms with E-state index in [4.69, 9.17) is 11.6 Å². The number of carbonyl (C=O) groups excluding carboxylic acids is 2. The highest BCUT2D eigenvalue weighted by atomic mass is 35.5. The van der Waals surface area contributed by atoms with Crippen molar-refractivity contribution in [1.29, 1.82) is 0 Å². The monoisotopic (exact) mass is 303 g/mol. The summed E-state index contributed by atoms with van der Waals surface area (Å²) in [5, 5.41) is 6.55. The van der Waals surface area contributed by atoms with E-state index in [2.05, 4.69) is 5.10 Å². The molecule has 0 N–H and O–H groups in total. The minimum Gasteiger partial charge on any atom is -0.324 e. The first-order valence-corrected chi connectivity index (χ1v) is 6.93. The van der Waals surface area contributed by atoms with E-state index in [-0.39, 0.29) is 11.7 Å². The Bertz CT molecular complexity index is 807. The lowest BCUT2D eigenvalue weighted by Gasteiger charge is -2.27. The molecule has 0 saturated carbocycles. The van der Waals surface area contributed by atoms with Gasteiger partial charge < -0.3 is 4.57 Å². The Balaban J connectivity index is 2.30. The third kappa shape index (κ3) is 1.88. The molecule has 0 aliphatic carbocycles. The molecule has 0 bridgehead atoms. The number of likely N-dealkylation sites (N-methyl/N-ethyl adjacent to an activating group) is 1. The largest absolute Gasteiger partial charge is 0.324 e. The third-order valence-corrected chi connectivity index (χ3v) is 4.27. The minimum absolute atomic E-state index is 0.293. The highest BCUT2D eigenvalue weighted by Crippen LogP contribution is 2.34. The van der Waals surface area contributed by atoms with Gasteiger partial charge in [0.15, 0.2) is 6.04 Å². The van der Waals surface area contributed by atoms with Crippen LogP contribution in [0.1, 0.15) is 18.7 Å². The Morgan fingerprint density at radius 2 is 1.86 bits per heavy atom. The molecule has 0 spiro atoms. The number of aromatic nitrogens is 1. The molecule has 1 unspecified atom stereocenters. The Hall–Kier alpha value is -2.14. The number of benzene rings is 1. The quantitative estimate of drug-likeness (QED) is 0.760. The number of amides is 1. The summed E-state index contributed by atoms with van der Waals surface area (Å²) in [4.78, 5) is 24.9. The molecule has 3 rings (SSSR count). The Kier molecular flexibility index (Phi) is 3.10. The van der Waals surface area contributed by atoms with Gasteiger partial charge in [0.05, 0.1) is 10.5 Å². The van der Waals surface area contributed by atoms with Crippen molar-refractivity contribution >= 4 is 39.9 Å². The Labute approximate surface area is 126 Å². The second-order valence-corrected chi connectivity index (χ2v) is 5.48. The molecule has 21 heavy (non-hydrogen) atoms. The van der Waals surface area contributed by atoms with Crippen molar-refractivity contribution in [3.63, 3.8) is 0 Å². The molecular weight excluding hydrogens is 290 g/mol. The number of hydrogen-bond acceptors (Lipinski definition) is 3. The van der Waals surface area contributed by atoms with Crippen LogP contribution in [0.3, 0.4) is 0 Å². The average molecular weight is 304 g/mol. The summed E-state index contributed by atoms with van der Waals surface area (Å²) < 4.78 is 1.71. The second kappa shape index (κ2) is 4.70. The maximum absolute atomic E-state index is 12.4. The third-order valence-electron chi connectivity index (χ3n) is 3.80. The van der Waals surface area contributed by atoms with Crippen LogP contribution in [0.25, 0.3) is 10.9 Å².